The highest BCUT2D eigenvalue weighted by Crippen LogP contribution is 2.24. The van der Waals surface area contributed by atoms with Crippen molar-refractivity contribution in [3.8, 4) is 0 Å². The minimum atomic E-state index is -1.21. The van der Waals surface area contributed by atoms with Gasteiger partial charge in [-0.1, -0.05) is 17.7 Å². The molecule has 2 N–H and O–H groups in total. The Hall–Kier alpha value is -1.93. The molecule has 0 radical (unpaired) electrons. The van der Waals surface area contributed by atoms with Gasteiger partial charge in [0.05, 0.1) is 5.02 Å². The lowest BCUT2D eigenvalue weighted by atomic mass is 10.2. The van der Waals surface area contributed by atoms with Crippen molar-refractivity contribution in [2.24, 2.45) is 0 Å². The molecule has 1 aromatic rings. The number of nitrogens with one attached hydrogen (secondary N) is 1. The fourth-order valence-electron chi connectivity index (χ4n) is 1.67. The second kappa shape index (κ2) is 8.25. The Morgan fingerprint density at radius 3 is 2.67 bits per heavy atom. The number of carbonyl (C=O) groups is 2. The Balaban J connectivity index is 3.19. The number of nitrogens with zero attached hydrogens (tertiary/aromatic N) is 1. The molecular weight excluding hydrogens is 356 g/mol. The van der Waals surface area contributed by atoms with Crippen LogP contribution in [0.15, 0.2) is 29.7 Å². The number of pyridine rings is 1. The smallest absolute Gasteiger partial charge is 0.412 e. The van der Waals surface area contributed by atoms with Crippen molar-refractivity contribution in [1.82, 2.24) is 4.57 Å². The highest BCUT2D eigenvalue weighted by atomic mass is 35.5. The molecule has 1 amide bonds. The first-order valence-electron chi connectivity index (χ1n) is 6.92. The van der Waals surface area contributed by atoms with Crippen LogP contribution in [0, 0.1) is 0 Å². The van der Waals surface area contributed by atoms with E-state index >= 15 is 0 Å². The van der Waals surface area contributed by atoms with Crippen LogP contribution in [-0.4, -0.2) is 33.1 Å². The molecule has 1 atom stereocenters. The number of rotatable bonds is 6. The van der Waals surface area contributed by atoms with Gasteiger partial charge in [0, 0.05) is 11.9 Å². The van der Waals surface area contributed by atoms with E-state index in [-0.39, 0.29) is 10.7 Å². The van der Waals surface area contributed by atoms with Crippen molar-refractivity contribution in [2.45, 2.75) is 31.7 Å². The number of ether oxygens (including phenoxy) is 1. The number of amides is 1. The summed E-state index contributed by atoms with van der Waals surface area (Å²) < 4.78 is 6.02. The molecule has 0 aliphatic heterocycles. The van der Waals surface area contributed by atoms with Crippen molar-refractivity contribution in [3.63, 3.8) is 0 Å². The lowest BCUT2D eigenvalue weighted by Crippen LogP contribution is -2.33. The summed E-state index contributed by atoms with van der Waals surface area (Å²) in [6.07, 6.45) is 1.90. The van der Waals surface area contributed by atoms with Gasteiger partial charge in [-0.15, -0.1) is 18.3 Å². The van der Waals surface area contributed by atoms with Gasteiger partial charge in [0.25, 0.3) is 5.56 Å². The molecule has 0 unspecified atom stereocenters. The van der Waals surface area contributed by atoms with E-state index in [1.54, 1.807) is 20.8 Å². The molecule has 0 bridgehead atoms. The number of carboxylic acid groups (broad SMARTS) is 1. The predicted molar refractivity (Wildman–Crippen MR) is 94.9 cm³/mol. The van der Waals surface area contributed by atoms with E-state index in [0.717, 1.165) is 16.3 Å². The van der Waals surface area contributed by atoms with Crippen LogP contribution in [0.3, 0.4) is 0 Å². The SMILES string of the molecule is C=CCS[C@@H](C(=O)O)n1cc(Cl)cc(NC(=O)OC(C)(C)C)c1=O. The Morgan fingerprint density at radius 1 is 1.54 bits per heavy atom. The first-order chi connectivity index (χ1) is 11.0. The average Bonchev–Trinajstić information content (AvgIpc) is 2.41. The third-order valence-corrected chi connectivity index (χ3v) is 3.86. The number of halogens is 1. The third-order valence-electron chi connectivity index (χ3n) is 2.48. The van der Waals surface area contributed by atoms with Crippen LogP contribution in [0.2, 0.25) is 5.02 Å². The summed E-state index contributed by atoms with van der Waals surface area (Å²) in [5, 5.41) is 10.5. The van der Waals surface area contributed by atoms with Crippen molar-refractivity contribution >= 4 is 41.1 Å². The molecule has 1 aromatic heterocycles. The standard InChI is InChI=1S/C15H19ClN2O5S/c1-5-6-24-12(13(20)21)18-8-9(16)7-10(11(18)19)17-14(22)23-15(2,3)4/h5,7-8,12H,1,6H2,2-4H3,(H,17,22)(H,20,21)/t12-/m0/s1. The zero-order valence-corrected chi connectivity index (χ0v) is 15.1. The number of carbonyl (C=O) groups excluding carboxylic acids is 1. The fourth-order valence-corrected chi connectivity index (χ4v) is 2.67. The molecule has 0 fully saturated rings. The second-order valence-electron chi connectivity index (χ2n) is 5.72. The van der Waals surface area contributed by atoms with Gasteiger partial charge >= 0.3 is 12.1 Å². The fraction of sp³-hybridized carbons (Fsp3) is 0.400. The summed E-state index contributed by atoms with van der Waals surface area (Å²) in [4.78, 5) is 35.7. The first kappa shape index (κ1) is 20.1. The van der Waals surface area contributed by atoms with Crippen LogP contribution in [0.5, 0.6) is 0 Å². The number of aromatic nitrogens is 1. The predicted octanol–water partition coefficient (Wildman–Crippen LogP) is 3.35. The number of aliphatic carboxylic acids is 1. The highest BCUT2D eigenvalue weighted by Gasteiger charge is 2.24. The summed E-state index contributed by atoms with van der Waals surface area (Å²) in [6, 6.07) is 1.24. The zero-order chi connectivity index (χ0) is 18.5. The van der Waals surface area contributed by atoms with Gasteiger partial charge < -0.3 is 9.84 Å². The van der Waals surface area contributed by atoms with Gasteiger partial charge in [-0.2, -0.15) is 0 Å². The molecule has 9 heteroatoms. The quantitative estimate of drug-likeness (QED) is 0.741. The molecular formula is C15H19ClN2O5S. The van der Waals surface area contributed by atoms with E-state index in [2.05, 4.69) is 11.9 Å². The topological polar surface area (TPSA) is 97.6 Å². The Kier molecular flexibility index (Phi) is 6.92. The average molecular weight is 375 g/mol. The summed E-state index contributed by atoms with van der Waals surface area (Å²) in [5.41, 5.74) is -1.61. The highest BCUT2D eigenvalue weighted by molar-refractivity contribution is 8.00. The molecule has 0 aromatic carbocycles. The number of hydrogen-bond donors (Lipinski definition) is 2. The van der Waals surface area contributed by atoms with Crippen molar-refractivity contribution in [1.29, 1.82) is 0 Å². The van der Waals surface area contributed by atoms with E-state index in [0.29, 0.717) is 5.75 Å². The van der Waals surface area contributed by atoms with E-state index in [1.807, 2.05) is 0 Å². The molecule has 7 nitrogen and oxygen atoms in total. The summed E-state index contributed by atoms with van der Waals surface area (Å²) >= 11 is 6.93. The van der Waals surface area contributed by atoms with Gasteiger partial charge in [0.2, 0.25) is 0 Å². The monoisotopic (exact) mass is 374 g/mol. The Bertz CT molecular complexity index is 696. The number of hydrogen-bond acceptors (Lipinski definition) is 5. The maximum atomic E-state index is 12.5. The Labute approximate surface area is 148 Å². The lowest BCUT2D eigenvalue weighted by Gasteiger charge is -2.20. The van der Waals surface area contributed by atoms with Crippen LogP contribution in [0.25, 0.3) is 0 Å². The molecule has 24 heavy (non-hydrogen) atoms. The summed E-state index contributed by atoms with van der Waals surface area (Å²) in [5.74, 6) is -0.889. The minimum Gasteiger partial charge on any atom is -0.479 e. The lowest BCUT2D eigenvalue weighted by molar-refractivity contribution is -0.138. The molecule has 1 heterocycles. The normalized spacial score (nSPS) is 12.3. The molecule has 0 aliphatic rings. The Morgan fingerprint density at radius 2 is 2.17 bits per heavy atom. The largest absolute Gasteiger partial charge is 0.479 e. The van der Waals surface area contributed by atoms with Gasteiger partial charge in [-0.3, -0.25) is 14.7 Å². The number of anilines is 1. The zero-order valence-electron chi connectivity index (χ0n) is 13.5. The van der Waals surface area contributed by atoms with E-state index in [1.165, 1.54) is 18.3 Å². The summed E-state index contributed by atoms with van der Waals surface area (Å²) in [6.45, 7) is 8.54. The van der Waals surface area contributed by atoms with Gasteiger partial charge in [0.1, 0.15) is 11.3 Å². The minimum absolute atomic E-state index is 0.103. The van der Waals surface area contributed by atoms with E-state index in [9.17, 15) is 19.5 Å². The van der Waals surface area contributed by atoms with Gasteiger partial charge in [0.15, 0.2) is 5.37 Å². The van der Waals surface area contributed by atoms with Crippen LogP contribution in [0.4, 0.5) is 10.5 Å². The molecule has 0 aliphatic carbocycles. The van der Waals surface area contributed by atoms with Crippen molar-refractivity contribution in [2.75, 3.05) is 11.1 Å². The second-order valence-corrected chi connectivity index (χ2v) is 7.27. The summed E-state index contributed by atoms with van der Waals surface area (Å²) in [7, 11) is 0. The van der Waals surface area contributed by atoms with Crippen molar-refractivity contribution < 1.29 is 19.4 Å². The van der Waals surface area contributed by atoms with E-state index in [4.69, 9.17) is 16.3 Å². The van der Waals surface area contributed by atoms with Gasteiger partial charge in [-0.25, -0.2) is 9.59 Å². The molecule has 0 saturated carbocycles. The molecule has 1 rings (SSSR count). The van der Waals surface area contributed by atoms with Crippen LogP contribution < -0.4 is 10.9 Å². The third kappa shape index (κ3) is 5.93. The number of carboxylic acids is 1. The van der Waals surface area contributed by atoms with Crippen LogP contribution >= 0.6 is 23.4 Å². The molecule has 0 spiro atoms. The van der Waals surface area contributed by atoms with E-state index < -0.39 is 28.6 Å². The maximum absolute atomic E-state index is 12.5. The number of thioether (sulfide) groups is 1. The van der Waals surface area contributed by atoms with Crippen LogP contribution in [0.1, 0.15) is 26.1 Å². The molecule has 0 saturated heterocycles. The van der Waals surface area contributed by atoms with Gasteiger partial charge in [-0.05, 0) is 26.8 Å². The molecule has 132 valence electrons. The van der Waals surface area contributed by atoms with Crippen molar-refractivity contribution in [3.05, 3.63) is 40.3 Å². The van der Waals surface area contributed by atoms with Crippen LogP contribution in [-0.2, 0) is 9.53 Å². The maximum Gasteiger partial charge on any atom is 0.412 e. The first-order valence-corrected chi connectivity index (χ1v) is 8.35.